The van der Waals surface area contributed by atoms with Crippen molar-refractivity contribution < 1.29 is 37.6 Å². The van der Waals surface area contributed by atoms with Crippen molar-refractivity contribution in [2.45, 2.75) is 418 Å². The van der Waals surface area contributed by atoms with Crippen molar-refractivity contribution in [2.75, 3.05) is 26.4 Å². The molecule has 0 spiro atoms. The Morgan fingerprint density at radius 2 is 0.591 bits per heavy atom. The van der Waals surface area contributed by atoms with Gasteiger partial charge in [0.15, 0.2) is 6.10 Å². The van der Waals surface area contributed by atoms with Crippen LogP contribution in [0.4, 0.5) is 0 Å². The Kier molecular flexibility index (Phi) is 76.3. The first-order chi connectivity index (χ1) is 45.8. The average Bonchev–Trinajstić information content (AvgIpc) is 3.04. The second kappa shape index (κ2) is 78.4. The molecule has 9 nitrogen and oxygen atoms in total. The minimum atomic E-state index is -4.40. The van der Waals surface area contributed by atoms with Crippen LogP contribution in [0.2, 0.25) is 0 Å². The molecule has 10 heteroatoms. The Morgan fingerprint density at radius 1 is 0.333 bits per heavy atom. The van der Waals surface area contributed by atoms with Crippen molar-refractivity contribution in [1.29, 1.82) is 0 Å². The van der Waals surface area contributed by atoms with Gasteiger partial charge < -0.3 is 20.1 Å². The van der Waals surface area contributed by atoms with E-state index in [0.29, 0.717) is 6.42 Å². The first-order valence-corrected chi connectivity index (χ1v) is 41.9. The van der Waals surface area contributed by atoms with Crippen LogP contribution in [0.15, 0.2) is 72.9 Å². The number of hydrogen-bond donors (Lipinski definition) is 2. The zero-order chi connectivity index (χ0) is 67.2. The number of phosphoric ester groups is 1. The van der Waals surface area contributed by atoms with E-state index in [0.717, 1.165) is 70.6 Å². The van der Waals surface area contributed by atoms with Crippen LogP contribution in [0, 0.1) is 0 Å². The van der Waals surface area contributed by atoms with Gasteiger partial charge in [-0.2, -0.15) is 0 Å². The van der Waals surface area contributed by atoms with E-state index in [1.807, 2.05) is 0 Å². The third-order valence-corrected chi connectivity index (χ3v) is 19.1. The number of phosphoric acid groups is 1. The van der Waals surface area contributed by atoms with E-state index in [2.05, 4.69) is 86.8 Å². The lowest BCUT2D eigenvalue weighted by Crippen LogP contribution is -2.29. The van der Waals surface area contributed by atoms with Gasteiger partial charge in [0.2, 0.25) is 0 Å². The van der Waals surface area contributed by atoms with Crippen molar-refractivity contribution in [2.24, 2.45) is 5.73 Å². The fourth-order valence-corrected chi connectivity index (χ4v) is 12.9. The molecule has 3 N–H and O–H groups in total. The number of unbranched alkanes of at least 4 members (excludes halogenated alkanes) is 52. The Balaban J connectivity index is 3.77. The molecule has 0 bridgehead atoms. The van der Waals surface area contributed by atoms with Gasteiger partial charge in [-0.1, -0.05) is 408 Å². The van der Waals surface area contributed by atoms with E-state index >= 15 is 0 Å². The van der Waals surface area contributed by atoms with E-state index in [9.17, 15) is 19.0 Å². The molecule has 0 amide bonds. The van der Waals surface area contributed by atoms with Crippen LogP contribution in [0.3, 0.4) is 0 Å². The fraction of sp³-hybridized carbons (Fsp3) is 0.831. The largest absolute Gasteiger partial charge is 0.472 e. The summed E-state index contributed by atoms with van der Waals surface area (Å²) >= 11 is 0. The van der Waals surface area contributed by atoms with Gasteiger partial charge >= 0.3 is 19.8 Å². The summed E-state index contributed by atoms with van der Waals surface area (Å²) in [5.41, 5.74) is 5.42. The summed E-state index contributed by atoms with van der Waals surface area (Å²) < 4.78 is 33.3. The Bertz CT molecular complexity index is 1760. The number of rotatable bonds is 77. The number of carbonyl (C=O) groups is 2. The fourth-order valence-electron chi connectivity index (χ4n) is 12.2. The van der Waals surface area contributed by atoms with Gasteiger partial charge in [0.05, 0.1) is 13.2 Å². The number of ether oxygens (including phenoxy) is 2. The second-order valence-electron chi connectivity index (χ2n) is 27.3. The summed E-state index contributed by atoms with van der Waals surface area (Å²) in [6.45, 7) is 3.71. The third-order valence-electron chi connectivity index (χ3n) is 18.1. The average molecular weight is 1330 g/mol. The van der Waals surface area contributed by atoms with Gasteiger partial charge in [-0.3, -0.25) is 18.6 Å². The molecule has 93 heavy (non-hydrogen) atoms. The predicted molar refractivity (Wildman–Crippen MR) is 404 cm³/mol. The van der Waals surface area contributed by atoms with Gasteiger partial charge in [0.25, 0.3) is 0 Å². The Morgan fingerprint density at radius 3 is 0.882 bits per heavy atom. The molecule has 0 aliphatic heterocycles. The molecular weight excluding hydrogens is 1170 g/mol. The molecule has 2 atom stereocenters. The van der Waals surface area contributed by atoms with Gasteiger partial charge in [-0.25, -0.2) is 4.57 Å². The topological polar surface area (TPSA) is 134 Å². The van der Waals surface area contributed by atoms with Crippen LogP contribution in [0.5, 0.6) is 0 Å². The second-order valence-corrected chi connectivity index (χ2v) is 28.7. The molecule has 0 saturated heterocycles. The Hall–Kier alpha value is -2.55. The summed E-state index contributed by atoms with van der Waals surface area (Å²) in [5.74, 6) is -0.805. The molecule has 0 rings (SSSR count). The van der Waals surface area contributed by atoms with Crippen molar-refractivity contribution >= 4 is 19.8 Å². The highest BCUT2D eigenvalue weighted by atomic mass is 31.2. The minimum Gasteiger partial charge on any atom is -0.462 e. The summed E-state index contributed by atoms with van der Waals surface area (Å²) in [4.78, 5) is 35.5. The van der Waals surface area contributed by atoms with Crippen molar-refractivity contribution in [3.05, 3.63) is 72.9 Å². The molecule has 0 aromatic carbocycles. The summed E-state index contributed by atoms with van der Waals surface area (Å²) in [6.07, 6.45) is 105. The highest BCUT2D eigenvalue weighted by Gasteiger charge is 2.26. The van der Waals surface area contributed by atoms with Crippen LogP contribution in [-0.2, 0) is 32.7 Å². The molecule has 0 radical (unpaired) electrons. The summed E-state index contributed by atoms with van der Waals surface area (Å²) in [6, 6.07) is 0. The lowest BCUT2D eigenvalue weighted by Gasteiger charge is -2.19. The number of hydrogen-bond acceptors (Lipinski definition) is 8. The highest BCUT2D eigenvalue weighted by Crippen LogP contribution is 2.43. The first kappa shape index (κ1) is 90.5. The summed E-state index contributed by atoms with van der Waals surface area (Å²) in [7, 11) is -4.40. The van der Waals surface area contributed by atoms with E-state index in [1.165, 1.54) is 308 Å². The van der Waals surface area contributed by atoms with Crippen molar-refractivity contribution in [3.63, 3.8) is 0 Å². The van der Waals surface area contributed by atoms with Gasteiger partial charge in [0.1, 0.15) is 6.61 Å². The quantitative estimate of drug-likeness (QED) is 0.0264. The molecule has 0 aliphatic rings. The van der Waals surface area contributed by atoms with Crippen molar-refractivity contribution in [3.8, 4) is 0 Å². The highest BCUT2D eigenvalue weighted by molar-refractivity contribution is 7.47. The molecule has 0 heterocycles. The standard InChI is InChI=1S/C83H154NO8P/c1-3-5-7-9-11-13-15-17-19-21-23-25-27-29-31-33-35-37-39-40-42-44-46-48-50-52-54-56-58-60-62-64-66-68-70-72-74-76-83(86)92-81(80-91-93(87,88)90-78-77-84)79-89-82(85)75-73-71-69-67-65-63-61-59-57-55-53-51-49-47-45-43-41-38-36-34-32-30-28-26-24-22-20-18-16-14-12-10-8-6-4-2/h5,7,11,13,17,19,23,25,29,31,35,37,81H,3-4,6,8-10,12,14-16,18,20-22,24,26-28,30,32-34,36,38-80,84H2,1-2H3,(H,87,88)/b7-5-,13-11-,19-17-,25-23-,31-29-,37-35-. The molecular formula is C83H154NO8P. The van der Waals surface area contributed by atoms with E-state index in [4.69, 9.17) is 24.3 Å². The molecule has 0 aromatic rings. The van der Waals surface area contributed by atoms with Gasteiger partial charge in [-0.05, 0) is 64.2 Å². The van der Waals surface area contributed by atoms with Crippen molar-refractivity contribution in [1.82, 2.24) is 0 Å². The monoisotopic (exact) mass is 1320 g/mol. The third kappa shape index (κ3) is 78.3. The lowest BCUT2D eigenvalue weighted by molar-refractivity contribution is -0.161. The molecule has 0 aromatic heterocycles. The smallest absolute Gasteiger partial charge is 0.462 e. The maximum atomic E-state index is 12.8. The molecule has 0 aliphatic carbocycles. The number of carbonyl (C=O) groups excluding carboxylic acids is 2. The van der Waals surface area contributed by atoms with Gasteiger partial charge in [0, 0.05) is 19.4 Å². The van der Waals surface area contributed by atoms with Crippen LogP contribution in [0.1, 0.15) is 412 Å². The van der Waals surface area contributed by atoms with Crippen LogP contribution < -0.4 is 5.73 Å². The molecule has 0 fully saturated rings. The first-order valence-electron chi connectivity index (χ1n) is 40.4. The summed E-state index contributed by atoms with van der Waals surface area (Å²) in [5, 5.41) is 0. The molecule has 2 unspecified atom stereocenters. The normalized spacial score (nSPS) is 13.2. The predicted octanol–water partition coefficient (Wildman–Crippen LogP) is 27.1. The maximum absolute atomic E-state index is 12.8. The zero-order valence-electron chi connectivity index (χ0n) is 61.5. The SMILES string of the molecule is CC/C=C\C/C=C\C/C=C\C/C=C\C/C=C\C/C=C\CCCCCCCCCCCCCCCCCCCCC(=O)OC(COC(=O)CCCCCCCCCCCCCCCCCCCCCCCCCCCCCCCCCCCCC)COP(=O)(O)OCCN. The maximum Gasteiger partial charge on any atom is 0.472 e. The molecule has 0 saturated carbocycles. The number of allylic oxidation sites excluding steroid dienone is 12. The van der Waals surface area contributed by atoms with E-state index in [-0.39, 0.29) is 38.6 Å². The zero-order valence-corrected chi connectivity index (χ0v) is 62.4. The molecule has 544 valence electrons. The van der Waals surface area contributed by atoms with Crippen LogP contribution in [-0.4, -0.2) is 49.3 Å². The van der Waals surface area contributed by atoms with Gasteiger partial charge in [-0.15, -0.1) is 0 Å². The number of esters is 2. The number of nitrogens with two attached hydrogens (primary N) is 1. The minimum absolute atomic E-state index is 0.0546. The van der Waals surface area contributed by atoms with E-state index in [1.54, 1.807) is 0 Å². The lowest BCUT2D eigenvalue weighted by atomic mass is 10.0. The van der Waals surface area contributed by atoms with Crippen LogP contribution in [0.25, 0.3) is 0 Å². The Labute approximate surface area is 577 Å². The van der Waals surface area contributed by atoms with Crippen LogP contribution >= 0.6 is 7.82 Å². The van der Waals surface area contributed by atoms with E-state index < -0.39 is 26.5 Å².